The minimum atomic E-state index is -0.000920. The highest BCUT2D eigenvalue weighted by molar-refractivity contribution is 5.90. The molecule has 3 heteroatoms. The van der Waals surface area contributed by atoms with Gasteiger partial charge in [-0.25, -0.2) is 4.79 Å². The summed E-state index contributed by atoms with van der Waals surface area (Å²) in [5.41, 5.74) is 5.82. The van der Waals surface area contributed by atoms with Gasteiger partial charge in [-0.1, -0.05) is 30.3 Å². The fourth-order valence-corrected chi connectivity index (χ4v) is 3.31. The molecule has 1 aliphatic rings. The highest BCUT2D eigenvalue weighted by atomic mass is 16.2. The van der Waals surface area contributed by atoms with Gasteiger partial charge in [-0.15, -0.1) is 0 Å². The van der Waals surface area contributed by atoms with Crippen molar-refractivity contribution < 1.29 is 4.79 Å². The molecule has 120 valence electrons. The minimum Gasteiger partial charge on any atom is -0.317 e. The number of aryl methyl sites for hydroxylation is 3. The topological polar surface area (TPSA) is 32.3 Å². The zero-order chi connectivity index (χ0) is 16.4. The van der Waals surface area contributed by atoms with E-state index in [-0.39, 0.29) is 12.1 Å². The molecule has 0 aliphatic carbocycles. The maximum Gasteiger partial charge on any atom is 0.322 e. The Labute approximate surface area is 138 Å². The summed E-state index contributed by atoms with van der Waals surface area (Å²) in [7, 11) is 0. The van der Waals surface area contributed by atoms with Gasteiger partial charge < -0.3 is 10.2 Å². The molecular formula is C20H24N2O. The van der Waals surface area contributed by atoms with Crippen LogP contribution >= 0.6 is 0 Å². The number of benzene rings is 2. The molecule has 3 nitrogen and oxygen atoms in total. The average Bonchev–Trinajstić information content (AvgIpc) is 3.01. The fourth-order valence-electron chi connectivity index (χ4n) is 3.31. The SMILES string of the molecule is Cc1ccc(NC(=O)N2CCC[C@@H]2c2ccccc2C)cc1C. The van der Waals surface area contributed by atoms with E-state index in [0.717, 1.165) is 25.1 Å². The van der Waals surface area contributed by atoms with E-state index < -0.39 is 0 Å². The molecule has 0 bridgehead atoms. The molecule has 0 unspecified atom stereocenters. The summed E-state index contributed by atoms with van der Waals surface area (Å²) < 4.78 is 0. The van der Waals surface area contributed by atoms with E-state index >= 15 is 0 Å². The van der Waals surface area contributed by atoms with E-state index in [1.807, 2.05) is 29.2 Å². The van der Waals surface area contributed by atoms with Crippen LogP contribution in [0.5, 0.6) is 0 Å². The first-order valence-corrected chi connectivity index (χ1v) is 8.26. The van der Waals surface area contributed by atoms with Gasteiger partial charge in [0.15, 0.2) is 0 Å². The van der Waals surface area contributed by atoms with Crippen LogP contribution < -0.4 is 5.32 Å². The minimum absolute atomic E-state index is 0.000920. The van der Waals surface area contributed by atoms with Crippen molar-refractivity contribution in [3.05, 3.63) is 64.7 Å². The van der Waals surface area contributed by atoms with Gasteiger partial charge in [0.25, 0.3) is 0 Å². The van der Waals surface area contributed by atoms with Crippen LogP contribution in [0, 0.1) is 20.8 Å². The van der Waals surface area contributed by atoms with Crippen molar-refractivity contribution in [2.45, 2.75) is 39.7 Å². The zero-order valence-electron chi connectivity index (χ0n) is 14.1. The lowest BCUT2D eigenvalue weighted by Crippen LogP contribution is -2.34. The summed E-state index contributed by atoms with van der Waals surface area (Å²) in [5.74, 6) is 0. The van der Waals surface area contributed by atoms with Crippen molar-refractivity contribution in [1.82, 2.24) is 4.90 Å². The third kappa shape index (κ3) is 3.24. The lowest BCUT2D eigenvalue weighted by molar-refractivity contribution is 0.207. The Bertz CT molecular complexity index is 723. The predicted octanol–water partition coefficient (Wildman–Crippen LogP) is 4.98. The molecule has 1 fully saturated rings. The van der Waals surface area contributed by atoms with E-state index in [1.54, 1.807) is 0 Å². The smallest absolute Gasteiger partial charge is 0.317 e. The highest BCUT2D eigenvalue weighted by Gasteiger charge is 2.30. The van der Waals surface area contributed by atoms with Crippen molar-refractivity contribution >= 4 is 11.7 Å². The third-order valence-electron chi connectivity index (χ3n) is 4.82. The normalized spacial score (nSPS) is 17.3. The number of rotatable bonds is 2. The number of urea groups is 1. The molecule has 0 radical (unpaired) electrons. The van der Waals surface area contributed by atoms with E-state index in [9.17, 15) is 4.79 Å². The molecule has 1 atom stereocenters. The second-order valence-electron chi connectivity index (χ2n) is 6.44. The number of carbonyl (C=O) groups is 1. The predicted molar refractivity (Wildman–Crippen MR) is 94.8 cm³/mol. The lowest BCUT2D eigenvalue weighted by Gasteiger charge is -2.26. The first-order valence-electron chi connectivity index (χ1n) is 8.26. The van der Waals surface area contributed by atoms with E-state index in [4.69, 9.17) is 0 Å². The number of likely N-dealkylation sites (tertiary alicyclic amines) is 1. The molecular weight excluding hydrogens is 284 g/mol. The Morgan fingerprint density at radius 2 is 1.83 bits per heavy atom. The number of amides is 2. The molecule has 23 heavy (non-hydrogen) atoms. The lowest BCUT2D eigenvalue weighted by atomic mass is 9.99. The van der Waals surface area contributed by atoms with Gasteiger partial charge in [-0.2, -0.15) is 0 Å². The first-order chi connectivity index (χ1) is 11.1. The van der Waals surface area contributed by atoms with Gasteiger partial charge in [0.1, 0.15) is 0 Å². The number of nitrogens with one attached hydrogen (secondary N) is 1. The first kappa shape index (κ1) is 15.6. The van der Waals surface area contributed by atoms with Crippen molar-refractivity contribution in [1.29, 1.82) is 0 Å². The van der Waals surface area contributed by atoms with Crippen molar-refractivity contribution in [3.8, 4) is 0 Å². The van der Waals surface area contributed by atoms with Crippen LogP contribution in [0.25, 0.3) is 0 Å². The molecule has 0 spiro atoms. The molecule has 1 aliphatic heterocycles. The molecule has 2 amide bonds. The molecule has 1 heterocycles. The average molecular weight is 308 g/mol. The largest absolute Gasteiger partial charge is 0.322 e. The van der Waals surface area contributed by atoms with Gasteiger partial charge in [0.2, 0.25) is 0 Å². The number of nitrogens with zero attached hydrogens (tertiary/aromatic N) is 1. The van der Waals surface area contributed by atoms with Gasteiger partial charge >= 0.3 is 6.03 Å². The Kier molecular flexibility index (Phi) is 4.37. The summed E-state index contributed by atoms with van der Waals surface area (Å²) >= 11 is 0. The molecule has 1 saturated heterocycles. The van der Waals surface area contributed by atoms with E-state index in [0.29, 0.717) is 0 Å². The number of hydrogen-bond acceptors (Lipinski definition) is 1. The van der Waals surface area contributed by atoms with Crippen molar-refractivity contribution in [2.75, 3.05) is 11.9 Å². The Morgan fingerprint density at radius 3 is 2.57 bits per heavy atom. The summed E-state index contributed by atoms with van der Waals surface area (Å²) in [6.45, 7) is 7.08. The van der Waals surface area contributed by atoms with Gasteiger partial charge in [0, 0.05) is 12.2 Å². The number of hydrogen-bond donors (Lipinski definition) is 1. The number of anilines is 1. The second-order valence-corrected chi connectivity index (χ2v) is 6.44. The van der Waals surface area contributed by atoms with Crippen molar-refractivity contribution in [3.63, 3.8) is 0 Å². The maximum absolute atomic E-state index is 12.7. The van der Waals surface area contributed by atoms with Crippen LogP contribution in [0.2, 0.25) is 0 Å². The standard InChI is InChI=1S/C20H24N2O/c1-14-10-11-17(13-16(14)3)21-20(23)22-12-6-9-19(22)18-8-5-4-7-15(18)2/h4-5,7-8,10-11,13,19H,6,9,12H2,1-3H3,(H,21,23)/t19-/m1/s1. The molecule has 2 aromatic carbocycles. The van der Waals surface area contributed by atoms with Crippen molar-refractivity contribution in [2.24, 2.45) is 0 Å². The summed E-state index contributed by atoms with van der Waals surface area (Å²) in [6, 6.07) is 14.6. The van der Waals surface area contributed by atoms with E-state index in [1.165, 1.54) is 22.3 Å². The van der Waals surface area contributed by atoms with E-state index in [2.05, 4.69) is 44.3 Å². The fraction of sp³-hybridized carbons (Fsp3) is 0.350. The van der Waals surface area contributed by atoms with Crippen LogP contribution in [0.1, 0.15) is 41.1 Å². The maximum atomic E-state index is 12.7. The van der Waals surface area contributed by atoms with Crippen LogP contribution in [-0.4, -0.2) is 17.5 Å². The quantitative estimate of drug-likeness (QED) is 0.833. The monoisotopic (exact) mass is 308 g/mol. The Morgan fingerprint density at radius 1 is 1.04 bits per heavy atom. The Balaban J connectivity index is 1.78. The van der Waals surface area contributed by atoms with Crippen LogP contribution in [0.15, 0.2) is 42.5 Å². The summed E-state index contributed by atoms with van der Waals surface area (Å²) in [6.07, 6.45) is 2.09. The van der Waals surface area contributed by atoms with Crippen LogP contribution in [-0.2, 0) is 0 Å². The molecule has 3 rings (SSSR count). The molecule has 2 aromatic rings. The third-order valence-corrected chi connectivity index (χ3v) is 4.82. The Hall–Kier alpha value is -2.29. The summed E-state index contributed by atoms with van der Waals surface area (Å²) in [4.78, 5) is 14.7. The second kappa shape index (κ2) is 6.45. The van der Waals surface area contributed by atoms with Crippen LogP contribution in [0.4, 0.5) is 10.5 Å². The summed E-state index contributed by atoms with van der Waals surface area (Å²) in [5, 5.41) is 3.06. The van der Waals surface area contributed by atoms with Gasteiger partial charge in [-0.05, 0) is 68.0 Å². The van der Waals surface area contributed by atoms with Gasteiger partial charge in [-0.3, -0.25) is 0 Å². The zero-order valence-corrected chi connectivity index (χ0v) is 14.1. The van der Waals surface area contributed by atoms with Gasteiger partial charge in [0.05, 0.1) is 6.04 Å². The van der Waals surface area contributed by atoms with Crippen LogP contribution in [0.3, 0.4) is 0 Å². The molecule has 1 N–H and O–H groups in total. The molecule has 0 saturated carbocycles. The highest BCUT2D eigenvalue weighted by Crippen LogP contribution is 2.34. The number of carbonyl (C=O) groups excluding carboxylic acids is 1. The molecule has 0 aromatic heterocycles.